The summed E-state index contributed by atoms with van der Waals surface area (Å²) in [5.41, 5.74) is 4.77. The number of benzene rings is 1. The zero-order valence-electron chi connectivity index (χ0n) is 19.0. The molecule has 1 aromatic carbocycles. The Kier molecular flexibility index (Phi) is 6.44. The Hall–Kier alpha value is -4.18. The minimum atomic E-state index is -1.02. The van der Waals surface area contributed by atoms with Gasteiger partial charge < -0.3 is 19.1 Å². The number of hydrogen-bond donors (Lipinski definition) is 1. The second kappa shape index (κ2) is 9.98. The minimum absolute atomic E-state index is 0.0735. The minimum Gasteiger partial charge on any atom is -0.478 e. The Morgan fingerprint density at radius 1 is 1.14 bits per heavy atom. The van der Waals surface area contributed by atoms with Crippen LogP contribution in [0.3, 0.4) is 0 Å². The normalized spacial score (nSPS) is 18.7. The number of methoxy groups -OCH3 is 1. The summed E-state index contributed by atoms with van der Waals surface area (Å²) in [5.74, 6) is 0.176. The Morgan fingerprint density at radius 2 is 2.00 bits per heavy atom. The highest BCUT2D eigenvalue weighted by Crippen LogP contribution is 2.28. The molecule has 0 saturated carbocycles. The van der Waals surface area contributed by atoms with Crippen LogP contribution in [0.4, 0.5) is 0 Å². The molecule has 2 bridgehead atoms. The molecule has 2 aromatic heterocycles. The Morgan fingerprint density at radius 3 is 2.77 bits per heavy atom. The number of carboxylic acid groups (broad SMARTS) is 1. The molecule has 3 aromatic rings. The zero-order chi connectivity index (χ0) is 24.2. The van der Waals surface area contributed by atoms with E-state index in [4.69, 9.17) is 24.1 Å². The van der Waals surface area contributed by atoms with E-state index in [0.717, 1.165) is 29.0 Å². The number of aromatic carboxylic acids is 1. The first kappa shape index (κ1) is 22.6. The summed E-state index contributed by atoms with van der Waals surface area (Å²) >= 11 is 0. The number of aliphatic imine (C=N–C) groups is 1. The van der Waals surface area contributed by atoms with E-state index in [0.29, 0.717) is 42.6 Å². The van der Waals surface area contributed by atoms with Gasteiger partial charge in [-0.15, -0.1) is 0 Å². The summed E-state index contributed by atoms with van der Waals surface area (Å²) in [6.07, 6.45) is 2.75. The molecule has 0 amide bonds. The van der Waals surface area contributed by atoms with Crippen molar-refractivity contribution in [2.45, 2.75) is 26.1 Å². The van der Waals surface area contributed by atoms with E-state index < -0.39 is 5.97 Å². The lowest BCUT2D eigenvalue weighted by Gasteiger charge is -2.21. The van der Waals surface area contributed by atoms with Crippen LogP contribution in [0.2, 0.25) is 0 Å². The summed E-state index contributed by atoms with van der Waals surface area (Å²) in [6.45, 7) is 1.02. The van der Waals surface area contributed by atoms with E-state index in [1.54, 1.807) is 13.2 Å². The van der Waals surface area contributed by atoms with E-state index in [2.05, 4.69) is 20.3 Å². The maximum atomic E-state index is 11.1. The molecule has 5 rings (SSSR count). The van der Waals surface area contributed by atoms with Gasteiger partial charge in [-0.3, -0.25) is 9.98 Å². The van der Waals surface area contributed by atoms with Crippen LogP contribution >= 0.6 is 0 Å². The molecule has 0 saturated heterocycles. The summed E-state index contributed by atoms with van der Waals surface area (Å²) in [7, 11) is 1.60. The van der Waals surface area contributed by atoms with Crippen molar-refractivity contribution in [3.05, 3.63) is 82.5 Å². The fourth-order valence-electron chi connectivity index (χ4n) is 4.10. The molecule has 35 heavy (non-hydrogen) atoms. The number of nitrogens with zero attached hydrogens (tertiary/aromatic N) is 5. The Balaban J connectivity index is 1.41. The van der Waals surface area contributed by atoms with Crippen LogP contribution in [0.1, 0.15) is 51.5 Å². The number of hydrogen-bond acceptors (Lipinski definition) is 9. The van der Waals surface area contributed by atoms with Gasteiger partial charge in [0, 0.05) is 49.4 Å². The van der Waals surface area contributed by atoms with Gasteiger partial charge in [0.1, 0.15) is 18.9 Å². The highest BCUT2D eigenvalue weighted by atomic mass is 16.5. The molecular formula is C25H23N5O5. The number of carbonyl (C=O) groups is 1. The molecule has 0 spiro atoms. The van der Waals surface area contributed by atoms with Gasteiger partial charge in [0.2, 0.25) is 5.90 Å². The van der Waals surface area contributed by atoms with Crippen LogP contribution in [0.25, 0.3) is 0 Å². The van der Waals surface area contributed by atoms with Crippen LogP contribution in [-0.2, 0) is 22.7 Å². The molecule has 10 heteroatoms. The monoisotopic (exact) mass is 473 g/mol. The van der Waals surface area contributed by atoms with Crippen molar-refractivity contribution in [1.29, 1.82) is 0 Å². The van der Waals surface area contributed by atoms with E-state index in [1.807, 2.05) is 30.3 Å². The van der Waals surface area contributed by atoms with E-state index >= 15 is 0 Å². The lowest BCUT2D eigenvalue weighted by Crippen LogP contribution is -2.24. The molecule has 178 valence electrons. The van der Waals surface area contributed by atoms with E-state index in [-0.39, 0.29) is 18.1 Å². The lowest BCUT2D eigenvalue weighted by atomic mass is 9.87. The third-order valence-corrected chi connectivity index (χ3v) is 5.84. The molecule has 0 radical (unpaired) electrons. The molecule has 1 atom stereocenters. The Labute approximate surface area is 201 Å². The maximum Gasteiger partial charge on any atom is 0.337 e. The van der Waals surface area contributed by atoms with Crippen molar-refractivity contribution in [3.8, 4) is 0 Å². The van der Waals surface area contributed by atoms with Crippen LogP contribution < -0.4 is 0 Å². The molecule has 2 aliphatic heterocycles. The Bertz CT molecular complexity index is 1330. The summed E-state index contributed by atoms with van der Waals surface area (Å²) in [4.78, 5) is 20.0. The number of rotatable bonds is 6. The highest BCUT2D eigenvalue weighted by molar-refractivity contribution is 6.14. The van der Waals surface area contributed by atoms with E-state index in [9.17, 15) is 4.79 Å². The lowest BCUT2D eigenvalue weighted by molar-refractivity contribution is 0.0696. The van der Waals surface area contributed by atoms with Crippen molar-refractivity contribution in [2.75, 3.05) is 13.7 Å². The van der Waals surface area contributed by atoms with Crippen molar-refractivity contribution in [3.63, 3.8) is 0 Å². The van der Waals surface area contributed by atoms with Crippen molar-refractivity contribution in [1.82, 2.24) is 10.1 Å². The number of pyridine rings is 1. The smallest absolute Gasteiger partial charge is 0.337 e. The first-order chi connectivity index (χ1) is 17.1. The first-order valence-electron chi connectivity index (χ1n) is 11.2. The molecule has 10 nitrogen and oxygen atoms in total. The van der Waals surface area contributed by atoms with Crippen LogP contribution in [0.15, 0.2) is 68.4 Å². The second-order valence-corrected chi connectivity index (χ2v) is 8.20. The van der Waals surface area contributed by atoms with Crippen molar-refractivity contribution in [2.24, 2.45) is 21.1 Å². The highest BCUT2D eigenvalue weighted by Gasteiger charge is 2.29. The van der Waals surface area contributed by atoms with Crippen LogP contribution in [-0.4, -0.2) is 52.2 Å². The molecular weight excluding hydrogens is 450 g/mol. The molecule has 4 heterocycles. The zero-order valence-corrected chi connectivity index (χ0v) is 19.0. The van der Waals surface area contributed by atoms with Gasteiger partial charge >= 0.3 is 5.97 Å². The second-order valence-electron chi connectivity index (χ2n) is 8.20. The summed E-state index contributed by atoms with van der Waals surface area (Å²) in [5, 5.41) is 22.3. The van der Waals surface area contributed by atoms with Gasteiger partial charge in [-0.05, 0) is 24.6 Å². The van der Waals surface area contributed by atoms with Gasteiger partial charge in [-0.1, -0.05) is 23.4 Å². The maximum absolute atomic E-state index is 11.1. The fraction of sp³-hybridized carbons (Fsp3) is 0.280. The van der Waals surface area contributed by atoms with Crippen LogP contribution in [0, 0.1) is 5.92 Å². The fourth-order valence-corrected chi connectivity index (χ4v) is 4.10. The standard InChI is InChI=1S/C25H23N5O5/c1-33-14-18-11-22(30-35-18)23-15-8-9-26-24(34-13-17-7-6-16(12-27-17)25(31)32)20-5-3-2-4-19(20)21(10-15)28-29-23/h2-7,11-12,15H,8-10,13-14H2,1H3,(H,31,32)/b26-24+. The number of ether oxygens (including phenoxy) is 2. The molecule has 0 fully saturated rings. The number of carboxylic acids is 1. The molecule has 0 aliphatic carbocycles. The summed E-state index contributed by atoms with van der Waals surface area (Å²) in [6, 6.07) is 12.8. The average Bonchev–Trinajstić information content (AvgIpc) is 3.36. The van der Waals surface area contributed by atoms with Gasteiger partial charge in [0.25, 0.3) is 0 Å². The third kappa shape index (κ3) is 4.87. The number of fused-ring (bicyclic) bond motifs is 4. The number of aromatic nitrogens is 2. The van der Waals surface area contributed by atoms with Gasteiger partial charge in [-0.25, -0.2) is 4.79 Å². The van der Waals surface area contributed by atoms with Crippen LogP contribution in [0.5, 0.6) is 0 Å². The van der Waals surface area contributed by atoms with Crippen molar-refractivity contribution < 1.29 is 23.9 Å². The largest absolute Gasteiger partial charge is 0.478 e. The topological polar surface area (TPSA) is 132 Å². The van der Waals surface area contributed by atoms with E-state index in [1.165, 1.54) is 12.3 Å². The third-order valence-electron chi connectivity index (χ3n) is 5.84. The van der Waals surface area contributed by atoms with Crippen molar-refractivity contribution >= 4 is 23.3 Å². The van der Waals surface area contributed by atoms with Gasteiger partial charge in [0.05, 0.1) is 22.7 Å². The summed E-state index contributed by atoms with van der Waals surface area (Å²) < 4.78 is 16.6. The SMILES string of the molecule is COCc1cc(C2=NN=C3CC2CC/N=C(/OCc2ccc(C(=O)O)cn2)c2ccccc23)no1. The van der Waals surface area contributed by atoms with Gasteiger partial charge in [-0.2, -0.15) is 10.2 Å². The predicted octanol–water partition coefficient (Wildman–Crippen LogP) is 3.49. The average molecular weight is 473 g/mol. The molecule has 1 N–H and O–H groups in total. The first-order valence-corrected chi connectivity index (χ1v) is 11.2. The quantitative estimate of drug-likeness (QED) is 0.579. The molecule has 1 unspecified atom stereocenters. The molecule has 2 aliphatic rings. The van der Waals surface area contributed by atoms with Gasteiger partial charge in [0.15, 0.2) is 5.76 Å². The predicted molar refractivity (Wildman–Crippen MR) is 127 cm³/mol.